The van der Waals surface area contributed by atoms with E-state index in [1.54, 1.807) is 37.3 Å². The van der Waals surface area contributed by atoms with Gasteiger partial charge in [-0.2, -0.15) is 5.26 Å². The Hall–Kier alpha value is -2.00. The zero-order chi connectivity index (χ0) is 16.1. The van der Waals surface area contributed by atoms with Gasteiger partial charge in [-0.05, 0) is 36.6 Å². The van der Waals surface area contributed by atoms with E-state index in [4.69, 9.17) is 9.47 Å². The summed E-state index contributed by atoms with van der Waals surface area (Å²) in [5.41, 5.74) is 0.816. The fraction of sp³-hybridized carbons (Fsp3) is 0.375. The van der Waals surface area contributed by atoms with Crippen LogP contribution in [0.25, 0.3) is 6.08 Å². The Bertz CT molecular complexity index is 644. The van der Waals surface area contributed by atoms with Crippen molar-refractivity contribution < 1.29 is 14.3 Å². The minimum absolute atomic E-state index is 0.120. The van der Waals surface area contributed by atoms with E-state index in [0.29, 0.717) is 30.2 Å². The number of hydrogen-bond acceptors (Lipinski definition) is 4. The van der Waals surface area contributed by atoms with E-state index in [9.17, 15) is 10.1 Å². The smallest absolute Gasteiger partial charge is 0.264 e. The van der Waals surface area contributed by atoms with E-state index >= 15 is 0 Å². The van der Waals surface area contributed by atoms with Crippen LogP contribution < -0.4 is 9.47 Å². The predicted octanol–water partition coefficient (Wildman–Crippen LogP) is 3.00. The molecule has 0 bridgehead atoms. The number of halogens is 1. The SMILES string of the molecule is COc1cc(Br)c(/C=C(\C#N)C(=O)N2CCCC2)cc1OC. The maximum atomic E-state index is 12.3. The Balaban J connectivity index is 2.37. The van der Waals surface area contributed by atoms with Crippen molar-refractivity contribution in [2.45, 2.75) is 12.8 Å². The minimum Gasteiger partial charge on any atom is -0.493 e. The monoisotopic (exact) mass is 364 g/mol. The van der Waals surface area contributed by atoms with E-state index in [1.807, 2.05) is 6.07 Å². The van der Waals surface area contributed by atoms with Gasteiger partial charge in [-0.3, -0.25) is 4.79 Å². The van der Waals surface area contributed by atoms with Gasteiger partial charge in [0, 0.05) is 17.6 Å². The van der Waals surface area contributed by atoms with Gasteiger partial charge in [-0.15, -0.1) is 0 Å². The highest BCUT2D eigenvalue weighted by atomic mass is 79.9. The summed E-state index contributed by atoms with van der Waals surface area (Å²) in [7, 11) is 3.09. The fourth-order valence-electron chi connectivity index (χ4n) is 2.37. The topological polar surface area (TPSA) is 62.6 Å². The number of methoxy groups -OCH3 is 2. The van der Waals surface area contributed by atoms with Crippen molar-refractivity contribution in [3.05, 3.63) is 27.7 Å². The molecule has 0 aliphatic carbocycles. The lowest BCUT2D eigenvalue weighted by Gasteiger charge is -2.14. The molecule has 1 saturated heterocycles. The van der Waals surface area contributed by atoms with Crippen LogP contribution in [0.4, 0.5) is 0 Å². The molecule has 1 aromatic rings. The second kappa shape index (κ2) is 7.32. The fourth-order valence-corrected chi connectivity index (χ4v) is 2.81. The Kier molecular flexibility index (Phi) is 5.45. The number of benzene rings is 1. The van der Waals surface area contributed by atoms with Crippen molar-refractivity contribution >= 4 is 27.9 Å². The molecule has 22 heavy (non-hydrogen) atoms. The van der Waals surface area contributed by atoms with Gasteiger partial charge >= 0.3 is 0 Å². The average molecular weight is 365 g/mol. The third kappa shape index (κ3) is 3.42. The van der Waals surface area contributed by atoms with Crippen molar-refractivity contribution in [1.29, 1.82) is 5.26 Å². The van der Waals surface area contributed by atoms with Crippen LogP contribution in [-0.2, 0) is 4.79 Å². The standard InChI is InChI=1S/C16H17BrN2O3/c1-21-14-8-11(13(17)9-15(14)22-2)7-12(10-18)16(20)19-5-3-4-6-19/h7-9H,3-6H2,1-2H3/b12-7+. The minimum atomic E-state index is -0.221. The van der Waals surface area contributed by atoms with Gasteiger partial charge in [-0.25, -0.2) is 0 Å². The van der Waals surface area contributed by atoms with Gasteiger partial charge in [0.2, 0.25) is 0 Å². The number of amides is 1. The summed E-state index contributed by atoms with van der Waals surface area (Å²) < 4.78 is 11.2. The van der Waals surface area contributed by atoms with Crippen molar-refractivity contribution in [3.63, 3.8) is 0 Å². The molecule has 6 heteroatoms. The lowest BCUT2D eigenvalue weighted by Crippen LogP contribution is -2.28. The first kappa shape index (κ1) is 16.4. The van der Waals surface area contributed by atoms with Gasteiger partial charge in [-0.1, -0.05) is 15.9 Å². The summed E-state index contributed by atoms with van der Waals surface area (Å²) in [4.78, 5) is 14.0. The number of rotatable bonds is 4. The Morgan fingerprint density at radius 2 is 1.86 bits per heavy atom. The third-order valence-electron chi connectivity index (χ3n) is 3.55. The van der Waals surface area contributed by atoms with Gasteiger partial charge in [0.15, 0.2) is 11.5 Å². The van der Waals surface area contributed by atoms with E-state index < -0.39 is 0 Å². The molecule has 1 aromatic carbocycles. The quantitative estimate of drug-likeness (QED) is 0.608. The van der Waals surface area contributed by atoms with E-state index in [2.05, 4.69) is 15.9 Å². The molecule has 1 amide bonds. The molecular weight excluding hydrogens is 348 g/mol. The summed E-state index contributed by atoms with van der Waals surface area (Å²) in [5.74, 6) is 0.903. The molecule has 0 spiro atoms. The van der Waals surface area contributed by atoms with Crippen LogP contribution in [0.2, 0.25) is 0 Å². The van der Waals surface area contributed by atoms with Crippen molar-refractivity contribution in [2.75, 3.05) is 27.3 Å². The molecule has 116 valence electrons. The van der Waals surface area contributed by atoms with Crippen LogP contribution in [-0.4, -0.2) is 38.1 Å². The summed E-state index contributed by atoms with van der Waals surface area (Å²) in [6, 6.07) is 5.48. The maximum Gasteiger partial charge on any atom is 0.264 e. The summed E-state index contributed by atoms with van der Waals surface area (Å²) in [6.07, 6.45) is 3.56. The van der Waals surface area contributed by atoms with Crippen molar-refractivity contribution in [1.82, 2.24) is 4.90 Å². The molecule has 1 fully saturated rings. The van der Waals surface area contributed by atoms with E-state index in [1.165, 1.54) is 0 Å². The summed E-state index contributed by atoms with van der Waals surface area (Å²) in [6.45, 7) is 1.43. The lowest BCUT2D eigenvalue weighted by atomic mass is 10.1. The van der Waals surface area contributed by atoms with Crippen LogP contribution in [0, 0.1) is 11.3 Å². The third-order valence-corrected chi connectivity index (χ3v) is 4.23. The normalized spacial score (nSPS) is 14.6. The molecule has 5 nitrogen and oxygen atoms in total. The van der Waals surface area contributed by atoms with Gasteiger partial charge < -0.3 is 14.4 Å². The first-order valence-corrected chi connectivity index (χ1v) is 7.72. The van der Waals surface area contributed by atoms with Crippen LogP contribution in [0.1, 0.15) is 18.4 Å². The molecule has 0 radical (unpaired) electrons. The van der Waals surface area contributed by atoms with Crippen molar-refractivity contribution in [3.8, 4) is 17.6 Å². The molecule has 0 atom stereocenters. The zero-order valence-electron chi connectivity index (χ0n) is 12.6. The number of nitriles is 1. The maximum absolute atomic E-state index is 12.3. The number of ether oxygens (including phenoxy) is 2. The van der Waals surface area contributed by atoms with Gasteiger partial charge in [0.1, 0.15) is 11.6 Å². The highest BCUT2D eigenvalue weighted by molar-refractivity contribution is 9.10. The largest absolute Gasteiger partial charge is 0.493 e. The highest BCUT2D eigenvalue weighted by Crippen LogP contribution is 2.34. The van der Waals surface area contributed by atoms with Crippen molar-refractivity contribution in [2.24, 2.45) is 0 Å². The number of nitrogens with zero attached hydrogens (tertiary/aromatic N) is 2. The second-order valence-corrected chi connectivity index (χ2v) is 5.75. The number of likely N-dealkylation sites (tertiary alicyclic amines) is 1. The van der Waals surface area contributed by atoms with E-state index in [-0.39, 0.29) is 11.5 Å². The van der Waals surface area contributed by atoms with E-state index in [0.717, 1.165) is 17.3 Å². The van der Waals surface area contributed by atoms with Gasteiger partial charge in [0.25, 0.3) is 5.91 Å². The summed E-state index contributed by atoms with van der Waals surface area (Å²) in [5, 5.41) is 9.30. The zero-order valence-corrected chi connectivity index (χ0v) is 14.1. The molecule has 2 rings (SSSR count). The summed E-state index contributed by atoms with van der Waals surface area (Å²) >= 11 is 3.43. The van der Waals surface area contributed by atoms with Crippen LogP contribution in [0.15, 0.2) is 22.2 Å². The Morgan fingerprint density at radius 3 is 2.41 bits per heavy atom. The van der Waals surface area contributed by atoms with Gasteiger partial charge in [0.05, 0.1) is 14.2 Å². The molecule has 1 aliphatic rings. The first-order chi connectivity index (χ1) is 10.6. The first-order valence-electron chi connectivity index (χ1n) is 6.93. The molecule has 1 aliphatic heterocycles. The molecular formula is C16H17BrN2O3. The Morgan fingerprint density at radius 1 is 1.27 bits per heavy atom. The number of carbonyl (C=O) groups is 1. The van der Waals surface area contributed by atoms with Crippen LogP contribution >= 0.6 is 15.9 Å². The molecule has 0 N–H and O–H groups in total. The second-order valence-electron chi connectivity index (χ2n) is 4.90. The molecule has 0 unspecified atom stereocenters. The van der Waals surface area contributed by atoms with Crippen LogP contribution in [0.3, 0.4) is 0 Å². The number of hydrogen-bond donors (Lipinski definition) is 0. The number of carbonyl (C=O) groups excluding carboxylic acids is 1. The molecule has 1 heterocycles. The average Bonchev–Trinajstić information content (AvgIpc) is 3.07. The van der Waals surface area contributed by atoms with Crippen LogP contribution in [0.5, 0.6) is 11.5 Å². The Labute approximate surface area is 138 Å². The predicted molar refractivity (Wildman–Crippen MR) is 86.7 cm³/mol. The lowest BCUT2D eigenvalue weighted by molar-refractivity contribution is -0.125. The highest BCUT2D eigenvalue weighted by Gasteiger charge is 2.22. The molecule has 0 saturated carbocycles. The molecule has 0 aromatic heterocycles.